The SMILES string of the molecule is S=P(CC(c1ccccc1Br)P(=S)(c1ccccc1)c1ccccc1)(c1ccccc1)c1ccccc1. The summed E-state index contributed by atoms with van der Waals surface area (Å²) < 4.78 is 1.09. The van der Waals surface area contributed by atoms with Crippen LogP contribution in [0.15, 0.2) is 150 Å². The highest BCUT2D eigenvalue weighted by Gasteiger charge is 2.39. The Labute approximate surface area is 238 Å². The third kappa shape index (κ3) is 5.40. The summed E-state index contributed by atoms with van der Waals surface area (Å²) in [5.41, 5.74) is 1.29. The van der Waals surface area contributed by atoms with Gasteiger partial charge in [-0.1, -0.05) is 179 Å². The molecule has 0 radical (unpaired) electrons. The van der Waals surface area contributed by atoms with Crippen LogP contribution in [-0.4, -0.2) is 6.16 Å². The van der Waals surface area contributed by atoms with Gasteiger partial charge >= 0.3 is 0 Å². The van der Waals surface area contributed by atoms with E-state index in [2.05, 4.69) is 162 Å². The molecule has 0 aliphatic rings. The molecule has 184 valence electrons. The van der Waals surface area contributed by atoms with Gasteiger partial charge in [0.2, 0.25) is 0 Å². The van der Waals surface area contributed by atoms with Crippen molar-refractivity contribution in [2.45, 2.75) is 5.66 Å². The van der Waals surface area contributed by atoms with Crippen molar-refractivity contribution in [3.63, 3.8) is 0 Å². The van der Waals surface area contributed by atoms with Crippen LogP contribution >= 0.6 is 28.0 Å². The van der Waals surface area contributed by atoms with Gasteiger partial charge in [0.1, 0.15) is 0 Å². The summed E-state index contributed by atoms with van der Waals surface area (Å²) >= 11 is 17.6. The Hall–Kier alpha value is -2.12. The molecule has 0 N–H and O–H groups in total. The number of hydrogen-bond acceptors (Lipinski definition) is 2. The van der Waals surface area contributed by atoms with E-state index in [-0.39, 0.29) is 5.66 Å². The Kier molecular flexibility index (Phi) is 8.40. The summed E-state index contributed by atoms with van der Waals surface area (Å²) in [6.45, 7) is 0. The molecular formula is C32H27BrP2S2. The quantitative estimate of drug-likeness (QED) is 0.163. The first-order valence-corrected chi connectivity index (χ1v) is 18.8. The summed E-state index contributed by atoms with van der Waals surface area (Å²) in [5.74, 6) is 0. The van der Waals surface area contributed by atoms with Gasteiger partial charge in [-0.15, -0.1) is 0 Å². The maximum absolute atomic E-state index is 6.93. The smallest absolute Gasteiger partial charge is 0.0271 e. The molecule has 1 unspecified atom stereocenters. The van der Waals surface area contributed by atoms with E-state index in [0.29, 0.717) is 0 Å². The average Bonchev–Trinajstić information content (AvgIpc) is 2.98. The van der Waals surface area contributed by atoms with E-state index in [9.17, 15) is 0 Å². The zero-order valence-corrected chi connectivity index (χ0v) is 25.2. The summed E-state index contributed by atoms with van der Waals surface area (Å²) in [5, 5.41) is 4.91. The maximum Gasteiger partial charge on any atom is 0.0271 e. The third-order valence-corrected chi connectivity index (χ3v) is 18.1. The molecule has 0 saturated heterocycles. The molecule has 0 fully saturated rings. The first-order chi connectivity index (χ1) is 18.0. The highest BCUT2D eigenvalue weighted by molar-refractivity contribution is 9.10. The van der Waals surface area contributed by atoms with Gasteiger partial charge in [0.05, 0.1) is 0 Å². The van der Waals surface area contributed by atoms with E-state index in [1.807, 2.05) is 0 Å². The molecule has 5 aromatic carbocycles. The fourth-order valence-electron chi connectivity index (χ4n) is 4.90. The van der Waals surface area contributed by atoms with Crippen molar-refractivity contribution >= 4 is 72.8 Å². The molecule has 0 aromatic heterocycles. The first-order valence-electron chi connectivity index (χ1n) is 12.2. The molecule has 0 amide bonds. The Morgan fingerprint density at radius 3 is 1.24 bits per heavy atom. The van der Waals surface area contributed by atoms with E-state index < -0.39 is 12.1 Å². The monoisotopic (exact) mass is 616 g/mol. The highest BCUT2D eigenvalue weighted by Crippen LogP contribution is 2.64. The Morgan fingerprint density at radius 2 is 0.838 bits per heavy atom. The molecule has 5 heteroatoms. The minimum atomic E-state index is -2.36. The second kappa shape index (κ2) is 11.7. The molecule has 1 atom stereocenters. The van der Waals surface area contributed by atoms with Crippen molar-refractivity contribution < 1.29 is 0 Å². The normalized spacial score (nSPS) is 12.7. The molecule has 0 spiro atoms. The Morgan fingerprint density at radius 1 is 0.486 bits per heavy atom. The molecule has 5 rings (SSSR count). The van der Waals surface area contributed by atoms with Crippen LogP contribution in [-0.2, 0) is 23.6 Å². The summed E-state index contributed by atoms with van der Waals surface area (Å²) in [6.07, 6.45) is 0.806. The van der Waals surface area contributed by atoms with E-state index in [0.717, 1.165) is 10.6 Å². The van der Waals surface area contributed by atoms with Crippen LogP contribution in [0.3, 0.4) is 0 Å². The largest absolute Gasteiger partial charge is 0.0876 e. The van der Waals surface area contributed by atoms with Gasteiger partial charge in [-0.3, -0.25) is 0 Å². The number of benzene rings is 5. The summed E-state index contributed by atoms with van der Waals surface area (Å²) in [4.78, 5) is 0. The second-order valence-corrected chi connectivity index (χ2v) is 19.3. The van der Waals surface area contributed by atoms with E-state index >= 15 is 0 Å². The van der Waals surface area contributed by atoms with E-state index in [4.69, 9.17) is 23.6 Å². The standard InChI is InChI=1S/C32H27BrP2S2/c33-31-24-14-13-23-30(31)32(35(37,28-19-9-3-10-20-28)29-21-11-4-12-22-29)25-34(36,26-15-5-1-6-16-26)27-17-7-2-8-18-27/h1-24,32H,25H2. The van der Waals surface area contributed by atoms with Crippen LogP contribution in [0, 0.1) is 0 Å². The van der Waals surface area contributed by atoms with Crippen molar-refractivity contribution in [2.75, 3.05) is 6.16 Å². The van der Waals surface area contributed by atoms with Crippen molar-refractivity contribution in [2.24, 2.45) is 0 Å². The van der Waals surface area contributed by atoms with Crippen LogP contribution in [0.25, 0.3) is 0 Å². The van der Waals surface area contributed by atoms with E-state index in [1.54, 1.807) is 0 Å². The van der Waals surface area contributed by atoms with Gasteiger partial charge in [-0.05, 0) is 39.0 Å². The van der Waals surface area contributed by atoms with Crippen LogP contribution in [0.5, 0.6) is 0 Å². The molecule has 0 aliphatic heterocycles. The molecular weight excluding hydrogens is 590 g/mol. The van der Waals surface area contributed by atoms with Crippen molar-refractivity contribution in [3.8, 4) is 0 Å². The van der Waals surface area contributed by atoms with Crippen LogP contribution in [0.2, 0.25) is 0 Å². The lowest BCUT2D eigenvalue weighted by Gasteiger charge is -2.37. The lowest BCUT2D eigenvalue weighted by atomic mass is 10.2. The number of hydrogen-bond donors (Lipinski definition) is 0. The van der Waals surface area contributed by atoms with Crippen LogP contribution in [0.4, 0.5) is 0 Å². The van der Waals surface area contributed by atoms with Gasteiger partial charge in [0.25, 0.3) is 0 Å². The first kappa shape index (κ1) is 26.5. The zero-order valence-electron chi connectivity index (χ0n) is 20.2. The van der Waals surface area contributed by atoms with Gasteiger partial charge in [0, 0.05) is 22.2 Å². The van der Waals surface area contributed by atoms with Crippen molar-refractivity contribution in [1.29, 1.82) is 0 Å². The molecule has 0 heterocycles. The molecule has 5 aromatic rings. The summed E-state index contributed by atoms with van der Waals surface area (Å²) in [6, 6.07) is 46.8. The van der Waals surface area contributed by atoms with Crippen molar-refractivity contribution in [1.82, 2.24) is 0 Å². The number of rotatable bonds is 8. The van der Waals surface area contributed by atoms with E-state index in [1.165, 1.54) is 26.8 Å². The fourth-order valence-corrected chi connectivity index (χ4v) is 16.1. The minimum Gasteiger partial charge on any atom is -0.0876 e. The summed E-state index contributed by atoms with van der Waals surface area (Å²) in [7, 11) is 0. The highest BCUT2D eigenvalue weighted by atomic mass is 79.9. The maximum atomic E-state index is 6.93. The van der Waals surface area contributed by atoms with Crippen molar-refractivity contribution in [3.05, 3.63) is 156 Å². The fraction of sp³-hybridized carbons (Fsp3) is 0.0625. The minimum absolute atomic E-state index is 0.0501. The second-order valence-electron chi connectivity index (χ2n) is 8.96. The Bertz CT molecular complexity index is 1470. The molecule has 0 nitrogen and oxygen atoms in total. The average molecular weight is 618 g/mol. The van der Waals surface area contributed by atoms with Gasteiger partial charge < -0.3 is 0 Å². The zero-order chi connectivity index (χ0) is 25.7. The predicted octanol–water partition coefficient (Wildman–Crippen LogP) is 7.75. The topological polar surface area (TPSA) is 0 Å². The number of halogens is 1. The van der Waals surface area contributed by atoms with Crippen LogP contribution in [0.1, 0.15) is 11.2 Å². The van der Waals surface area contributed by atoms with Gasteiger partial charge in [-0.25, -0.2) is 0 Å². The molecule has 0 saturated carbocycles. The molecule has 37 heavy (non-hydrogen) atoms. The lowest BCUT2D eigenvalue weighted by Crippen LogP contribution is -2.27. The van der Waals surface area contributed by atoms with Crippen LogP contribution < -0.4 is 21.2 Å². The van der Waals surface area contributed by atoms with Gasteiger partial charge in [-0.2, -0.15) is 0 Å². The Balaban J connectivity index is 1.80. The van der Waals surface area contributed by atoms with Gasteiger partial charge in [0.15, 0.2) is 0 Å². The lowest BCUT2D eigenvalue weighted by molar-refractivity contribution is 1.09. The predicted molar refractivity (Wildman–Crippen MR) is 175 cm³/mol. The molecule has 0 aliphatic carbocycles. The third-order valence-electron chi connectivity index (χ3n) is 6.76. The molecule has 0 bridgehead atoms.